The molecule has 5 nitrogen and oxygen atoms in total. The maximum atomic E-state index is 12.6. The van der Waals surface area contributed by atoms with Crippen LogP contribution in [0.5, 0.6) is 0 Å². The third-order valence-corrected chi connectivity index (χ3v) is 6.53. The number of hydrogen-bond acceptors (Lipinski definition) is 3. The van der Waals surface area contributed by atoms with Crippen LogP contribution in [0.25, 0.3) is 0 Å². The van der Waals surface area contributed by atoms with E-state index in [9.17, 15) is 8.42 Å². The van der Waals surface area contributed by atoms with E-state index in [0.717, 1.165) is 58.0 Å². The fraction of sp³-hybridized carbons (Fsp3) is 1.00. The lowest BCUT2D eigenvalue weighted by molar-refractivity contribution is 0.253. The minimum Gasteiger partial charge on any atom is -0.316 e. The molecule has 21 heavy (non-hydrogen) atoms. The molecule has 0 spiro atoms. The Hall–Kier alpha value is -0.170. The SMILES string of the molecule is CCCNCC1CCCN(S(=O)(=O)NC2(C)CCCC2)C1. The largest absolute Gasteiger partial charge is 0.316 e. The van der Waals surface area contributed by atoms with Crippen LogP contribution in [0.2, 0.25) is 0 Å². The number of piperidine rings is 1. The molecule has 2 N–H and O–H groups in total. The van der Waals surface area contributed by atoms with E-state index < -0.39 is 10.2 Å². The fourth-order valence-corrected chi connectivity index (χ4v) is 5.26. The summed E-state index contributed by atoms with van der Waals surface area (Å²) in [7, 11) is -3.33. The smallest absolute Gasteiger partial charge is 0.279 e. The molecule has 0 aromatic carbocycles. The van der Waals surface area contributed by atoms with Crippen molar-refractivity contribution in [1.29, 1.82) is 0 Å². The lowest BCUT2D eigenvalue weighted by atomic mass is 10.00. The Labute approximate surface area is 130 Å². The highest BCUT2D eigenvalue weighted by Gasteiger charge is 2.37. The third kappa shape index (κ3) is 4.91. The van der Waals surface area contributed by atoms with Gasteiger partial charge in [-0.3, -0.25) is 0 Å². The number of nitrogens with one attached hydrogen (secondary N) is 2. The molecule has 1 heterocycles. The van der Waals surface area contributed by atoms with E-state index in [1.54, 1.807) is 4.31 Å². The Morgan fingerprint density at radius 3 is 2.62 bits per heavy atom. The quantitative estimate of drug-likeness (QED) is 0.705. The van der Waals surface area contributed by atoms with Crippen molar-refractivity contribution in [3.05, 3.63) is 0 Å². The molecule has 2 rings (SSSR count). The highest BCUT2D eigenvalue weighted by molar-refractivity contribution is 7.87. The van der Waals surface area contributed by atoms with Gasteiger partial charge in [-0.25, -0.2) is 0 Å². The molecule has 0 amide bonds. The molecule has 0 bridgehead atoms. The predicted octanol–water partition coefficient (Wildman–Crippen LogP) is 1.87. The van der Waals surface area contributed by atoms with Gasteiger partial charge in [0.25, 0.3) is 10.2 Å². The van der Waals surface area contributed by atoms with E-state index in [0.29, 0.717) is 19.0 Å². The molecule has 0 aromatic heterocycles. The van der Waals surface area contributed by atoms with Crippen molar-refractivity contribution >= 4 is 10.2 Å². The van der Waals surface area contributed by atoms with E-state index in [-0.39, 0.29) is 5.54 Å². The minimum atomic E-state index is -3.33. The van der Waals surface area contributed by atoms with Gasteiger partial charge in [0.05, 0.1) is 0 Å². The second kappa shape index (κ2) is 7.40. The molecule has 6 heteroatoms. The molecule has 1 saturated heterocycles. The first kappa shape index (κ1) is 17.2. The van der Waals surface area contributed by atoms with Crippen molar-refractivity contribution in [2.45, 2.75) is 64.3 Å². The Kier molecular flexibility index (Phi) is 6.05. The summed E-state index contributed by atoms with van der Waals surface area (Å²) < 4.78 is 29.9. The molecule has 0 aromatic rings. The van der Waals surface area contributed by atoms with Crippen molar-refractivity contribution in [3.8, 4) is 0 Å². The minimum absolute atomic E-state index is 0.230. The molecule has 1 saturated carbocycles. The molecule has 1 aliphatic carbocycles. The average molecular weight is 317 g/mol. The van der Waals surface area contributed by atoms with Crippen LogP contribution in [-0.2, 0) is 10.2 Å². The van der Waals surface area contributed by atoms with Gasteiger partial charge < -0.3 is 5.32 Å². The molecule has 0 radical (unpaired) electrons. The zero-order valence-electron chi connectivity index (χ0n) is 13.5. The van der Waals surface area contributed by atoms with Crippen molar-refractivity contribution in [2.75, 3.05) is 26.2 Å². The van der Waals surface area contributed by atoms with Crippen LogP contribution in [0, 0.1) is 5.92 Å². The van der Waals surface area contributed by atoms with Crippen LogP contribution >= 0.6 is 0 Å². The molecule has 2 aliphatic rings. The second-order valence-corrected chi connectivity index (χ2v) is 8.62. The normalized spacial score (nSPS) is 27.0. The summed E-state index contributed by atoms with van der Waals surface area (Å²) in [6.07, 6.45) is 7.39. The Bertz CT molecular complexity index is 419. The summed E-state index contributed by atoms with van der Waals surface area (Å²) in [5.74, 6) is 0.443. The van der Waals surface area contributed by atoms with Crippen molar-refractivity contribution < 1.29 is 8.42 Å². The lowest BCUT2D eigenvalue weighted by Gasteiger charge is -2.35. The van der Waals surface area contributed by atoms with E-state index in [4.69, 9.17) is 0 Å². The van der Waals surface area contributed by atoms with Crippen LogP contribution < -0.4 is 10.0 Å². The summed E-state index contributed by atoms with van der Waals surface area (Å²) in [6.45, 7) is 7.45. The first-order chi connectivity index (χ1) is 9.95. The molecule has 1 atom stereocenters. The maximum absolute atomic E-state index is 12.6. The summed E-state index contributed by atoms with van der Waals surface area (Å²) in [6, 6.07) is 0. The number of hydrogen-bond donors (Lipinski definition) is 2. The summed E-state index contributed by atoms with van der Waals surface area (Å²) in [5.41, 5.74) is -0.230. The Morgan fingerprint density at radius 2 is 1.95 bits per heavy atom. The summed E-state index contributed by atoms with van der Waals surface area (Å²) >= 11 is 0. The summed E-state index contributed by atoms with van der Waals surface area (Å²) in [4.78, 5) is 0. The third-order valence-electron chi connectivity index (χ3n) is 4.76. The van der Waals surface area contributed by atoms with E-state index in [2.05, 4.69) is 17.0 Å². The van der Waals surface area contributed by atoms with Crippen molar-refractivity contribution in [2.24, 2.45) is 5.92 Å². The highest BCUT2D eigenvalue weighted by Crippen LogP contribution is 2.30. The van der Waals surface area contributed by atoms with Crippen LogP contribution in [0.15, 0.2) is 0 Å². The van der Waals surface area contributed by atoms with E-state index >= 15 is 0 Å². The monoisotopic (exact) mass is 317 g/mol. The predicted molar refractivity (Wildman–Crippen MR) is 86.4 cm³/mol. The number of nitrogens with zero attached hydrogens (tertiary/aromatic N) is 1. The molecule has 1 unspecified atom stereocenters. The topological polar surface area (TPSA) is 61.4 Å². The second-order valence-electron chi connectivity index (χ2n) is 6.95. The molecular formula is C15H31N3O2S. The van der Waals surface area contributed by atoms with Crippen LogP contribution in [0.1, 0.15) is 58.8 Å². The molecular weight excluding hydrogens is 286 g/mol. The van der Waals surface area contributed by atoms with Crippen LogP contribution in [-0.4, -0.2) is 44.4 Å². The van der Waals surface area contributed by atoms with E-state index in [1.807, 2.05) is 6.92 Å². The van der Waals surface area contributed by atoms with Crippen LogP contribution in [0.4, 0.5) is 0 Å². The van der Waals surface area contributed by atoms with Gasteiger partial charge in [0.15, 0.2) is 0 Å². The highest BCUT2D eigenvalue weighted by atomic mass is 32.2. The number of rotatable bonds is 7. The molecule has 1 aliphatic heterocycles. The Balaban J connectivity index is 1.89. The summed E-state index contributed by atoms with van der Waals surface area (Å²) in [5, 5.41) is 3.42. The van der Waals surface area contributed by atoms with Crippen LogP contribution in [0.3, 0.4) is 0 Å². The molecule has 124 valence electrons. The first-order valence-corrected chi connectivity index (χ1v) is 9.89. The molecule has 2 fully saturated rings. The maximum Gasteiger partial charge on any atom is 0.279 e. The van der Waals surface area contributed by atoms with E-state index in [1.165, 1.54) is 0 Å². The van der Waals surface area contributed by atoms with Crippen molar-refractivity contribution in [1.82, 2.24) is 14.3 Å². The zero-order chi connectivity index (χ0) is 15.3. The van der Waals surface area contributed by atoms with Crippen molar-refractivity contribution in [3.63, 3.8) is 0 Å². The standard InChI is InChI=1S/C15H31N3O2S/c1-3-10-16-12-14-7-6-11-18(13-14)21(19,20)17-15(2)8-4-5-9-15/h14,16-17H,3-13H2,1-2H3. The van der Waals surface area contributed by atoms with Gasteiger partial charge in [-0.05, 0) is 58.0 Å². The van der Waals surface area contributed by atoms with Gasteiger partial charge in [0.1, 0.15) is 0 Å². The van der Waals surface area contributed by atoms with Gasteiger partial charge in [-0.1, -0.05) is 19.8 Å². The van der Waals surface area contributed by atoms with Gasteiger partial charge >= 0.3 is 0 Å². The van der Waals surface area contributed by atoms with Gasteiger partial charge in [0, 0.05) is 18.6 Å². The Morgan fingerprint density at radius 1 is 1.24 bits per heavy atom. The van der Waals surface area contributed by atoms with Gasteiger partial charge in [-0.15, -0.1) is 0 Å². The first-order valence-electron chi connectivity index (χ1n) is 8.45. The van der Waals surface area contributed by atoms with Gasteiger partial charge in [0.2, 0.25) is 0 Å². The average Bonchev–Trinajstić information content (AvgIpc) is 2.85. The fourth-order valence-electron chi connectivity index (χ4n) is 3.53. The lowest BCUT2D eigenvalue weighted by Crippen LogP contribution is -2.53. The van der Waals surface area contributed by atoms with Gasteiger partial charge in [-0.2, -0.15) is 17.4 Å². The zero-order valence-corrected chi connectivity index (χ0v) is 14.3.